The van der Waals surface area contributed by atoms with Crippen LogP contribution in [0.1, 0.15) is 12.0 Å². The van der Waals surface area contributed by atoms with E-state index in [1.807, 2.05) is 12.2 Å². The van der Waals surface area contributed by atoms with E-state index in [0.717, 1.165) is 52.1 Å². The van der Waals surface area contributed by atoms with Crippen molar-refractivity contribution in [2.75, 3.05) is 5.88 Å². The van der Waals surface area contributed by atoms with Crippen LogP contribution < -0.4 is 16.0 Å². The number of hydrogen-bond donors (Lipinski definition) is 2. The molecule has 2 N–H and O–H groups in total. The van der Waals surface area contributed by atoms with Crippen molar-refractivity contribution in [3.63, 3.8) is 0 Å². The Labute approximate surface area is 197 Å². The van der Waals surface area contributed by atoms with Gasteiger partial charge in [-0.25, -0.2) is 9.98 Å². The second-order valence-corrected chi connectivity index (χ2v) is 9.07. The number of alkyl halides is 1. The number of aromatic amines is 1. The highest BCUT2D eigenvalue weighted by Gasteiger charge is 2.36. The van der Waals surface area contributed by atoms with Gasteiger partial charge in [-0.2, -0.15) is 0 Å². The fourth-order valence-corrected chi connectivity index (χ4v) is 5.04. The van der Waals surface area contributed by atoms with Gasteiger partial charge < -0.3 is 10.3 Å². The van der Waals surface area contributed by atoms with Gasteiger partial charge in [0.2, 0.25) is 0 Å². The molecule has 5 heterocycles. The lowest BCUT2D eigenvalue weighted by Crippen LogP contribution is -2.41. The lowest BCUT2D eigenvalue weighted by atomic mass is 9.86. The molecule has 0 saturated heterocycles. The van der Waals surface area contributed by atoms with E-state index in [1.54, 1.807) is 0 Å². The molecule has 162 valence electrons. The minimum Gasteiger partial charge on any atom is -0.375 e. The van der Waals surface area contributed by atoms with Crippen molar-refractivity contribution < 1.29 is 0 Å². The molecular formula is C28H23ClN4. The van der Waals surface area contributed by atoms with Crippen LogP contribution in [-0.4, -0.2) is 27.8 Å². The van der Waals surface area contributed by atoms with Gasteiger partial charge in [0.1, 0.15) is 0 Å². The third kappa shape index (κ3) is 4.10. The van der Waals surface area contributed by atoms with Crippen molar-refractivity contribution >= 4 is 35.2 Å². The molecule has 1 aromatic carbocycles. The second kappa shape index (κ2) is 8.05. The van der Waals surface area contributed by atoms with Crippen LogP contribution in [0.15, 0.2) is 112 Å². The average molecular weight is 451 g/mol. The SMILES string of the molecule is ClCC1=C2C=C3C=CC(=N3)C=c3ccc([nH]3)=CC3=NC(=CC(Cc4ccccc4)(C1)N2)C=C3. The minimum absolute atomic E-state index is 0.311. The molecule has 4 nitrogen and oxygen atoms in total. The molecule has 0 fully saturated rings. The van der Waals surface area contributed by atoms with Gasteiger partial charge in [-0.1, -0.05) is 30.3 Å². The molecule has 0 amide bonds. The summed E-state index contributed by atoms with van der Waals surface area (Å²) in [4.78, 5) is 13.1. The molecule has 1 unspecified atom stereocenters. The fraction of sp³-hybridized carbons (Fsp3) is 0.143. The Morgan fingerprint density at radius 3 is 2.24 bits per heavy atom. The number of benzene rings is 1. The highest BCUT2D eigenvalue weighted by atomic mass is 35.5. The Balaban J connectivity index is 1.51. The molecule has 5 heteroatoms. The van der Waals surface area contributed by atoms with Crippen LogP contribution in [0, 0.1) is 0 Å². The highest BCUT2D eigenvalue weighted by Crippen LogP contribution is 2.35. The first-order chi connectivity index (χ1) is 16.2. The second-order valence-electron chi connectivity index (χ2n) is 8.81. The summed E-state index contributed by atoms with van der Waals surface area (Å²) in [5.41, 5.74) is 6.92. The highest BCUT2D eigenvalue weighted by molar-refractivity contribution is 6.20. The molecular weight excluding hydrogens is 428 g/mol. The Morgan fingerprint density at radius 1 is 0.818 bits per heavy atom. The first kappa shape index (κ1) is 20.0. The summed E-state index contributed by atoms with van der Waals surface area (Å²) in [5.74, 6) is 0.474. The summed E-state index contributed by atoms with van der Waals surface area (Å²) in [6, 6.07) is 14.7. The van der Waals surface area contributed by atoms with Gasteiger partial charge in [-0.3, -0.25) is 0 Å². The van der Waals surface area contributed by atoms with E-state index >= 15 is 0 Å². The Morgan fingerprint density at radius 2 is 1.52 bits per heavy atom. The number of halogens is 1. The first-order valence-corrected chi connectivity index (χ1v) is 11.7. The van der Waals surface area contributed by atoms with Crippen molar-refractivity contribution in [1.82, 2.24) is 10.3 Å². The molecule has 6 rings (SSSR count). The molecule has 4 aliphatic heterocycles. The number of aliphatic imine (C=N–C) groups is 2. The van der Waals surface area contributed by atoms with E-state index in [2.05, 4.69) is 89.2 Å². The van der Waals surface area contributed by atoms with Crippen molar-refractivity contribution in [2.24, 2.45) is 9.98 Å². The molecule has 2 aromatic rings. The molecule has 0 aliphatic carbocycles. The van der Waals surface area contributed by atoms with Crippen LogP contribution in [0.2, 0.25) is 0 Å². The van der Waals surface area contributed by atoms with E-state index in [0.29, 0.717) is 5.88 Å². The zero-order valence-electron chi connectivity index (χ0n) is 18.1. The molecule has 8 bridgehead atoms. The van der Waals surface area contributed by atoms with Gasteiger partial charge in [0.25, 0.3) is 0 Å². The Hall–Kier alpha value is -3.63. The Kier molecular flexibility index (Phi) is 4.88. The third-order valence-corrected chi connectivity index (χ3v) is 6.56. The zero-order valence-corrected chi connectivity index (χ0v) is 18.8. The van der Waals surface area contributed by atoms with Crippen molar-refractivity contribution in [1.29, 1.82) is 0 Å². The van der Waals surface area contributed by atoms with Gasteiger partial charge in [0.05, 0.1) is 28.4 Å². The van der Waals surface area contributed by atoms with Crippen LogP contribution in [-0.2, 0) is 6.42 Å². The lowest BCUT2D eigenvalue weighted by Gasteiger charge is -2.28. The molecule has 1 atom stereocenters. The number of fused-ring (bicyclic) bond motifs is 6. The van der Waals surface area contributed by atoms with Gasteiger partial charge in [-0.15, -0.1) is 11.6 Å². The smallest absolute Gasteiger partial charge is 0.0658 e. The van der Waals surface area contributed by atoms with Crippen LogP contribution in [0.5, 0.6) is 0 Å². The maximum Gasteiger partial charge on any atom is 0.0658 e. The molecule has 0 spiro atoms. The summed E-state index contributed by atoms with van der Waals surface area (Å²) in [6.07, 6.45) is 18.4. The van der Waals surface area contributed by atoms with Crippen LogP contribution in [0.4, 0.5) is 0 Å². The van der Waals surface area contributed by atoms with Gasteiger partial charge in [0, 0.05) is 22.3 Å². The minimum atomic E-state index is -0.311. The summed E-state index contributed by atoms with van der Waals surface area (Å²) >= 11 is 6.43. The number of hydrogen-bond acceptors (Lipinski definition) is 3. The zero-order chi connectivity index (χ0) is 22.3. The standard InChI is InChI=1S/C28H23ClN4/c29-18-20-16-28(15-19-4-2-1-3-5-19)17-26-11-10-24(32-26)13-22-7-6-21(30-22)12-23-8-9-25(31-23)14-27(20)33-28/h1-14,17,30,33H,15-16,18H2. The normalized spacial score (nSPS) is 22.8. The number of nitrogens with zero attached hydrogens (tertiary/aromatic N) is 2. The lowest BCUT2D eigenvalue weighted by molar-refractivity contribution is 0.471. The third-order valence-electron chi connectivity index (χ3n) is 6.24. The van der Waals surface area contributed by atoms with Gasteiger partial charge >= 0.3 is 0 Å². The Bertz CT molecular complexity index is 1460. The van der Waals surface area contributed by atoms with Crippen LogP contribution in [0.3, 0.4) is 0 Å². The van der Waals surface area contributed by atoms with Gasteiger partial charge in [0.15, 0.2) is 0 Å². The van der Waals surface area contributed by atoms with Gasteiger partial charge in [-0.05, 0) is 84.7 Å². The topological polar surface area (TPSA) is 52.5 Å². The van der Waals surface area contributed by atoms with E-state index in [9.17, 15) is 0 Å². The summed E-state index contributed by atoms with van der Waals surface area (Å²) in [7, 11) is 0. The number of aromatic nitrogens is 1. The molecule has 1 aromatic heterocycles. The summed E-state index contributed by atoms with van der Waals surface area (Å²) in [6.45, 7) is 0. The van der Waals surface area contributed by atoms with E-state index in [1.165, 1.54) is 11.1 Å². The molecule has 4 aliphatic rings. The molecule has 33 heavy (non-hydrogen) atoms. The first-order valence-electron chi connectivity index (χ1n) is 11.1. The molecule has 0 radical (unpaired) electrons. The number of H-pyrrole nitrogens is 1. The largest absolute Gasteiger partial charge is 0.375 e. The summed E-state index contributed by atoms with van der Waals surface area (Å²) < 4.78 is 0. The maximum atomic E-state index is 6.43. The van der Waals surface area contributed by atoms with E-state index in [4.69, 9.17) is 21.6 Å². The van der Waals surface area contributed by atoms with Crippen molar-refractivity contribution in [3.8, 4) is 0 Å². The number of rotatable bonds is 3. The summed E-state index contributed by atoms with van der Waals surface area (Å²) in [5, 5.41) is 5.84. The number of allylic oxidation sites excluding steroid dienone is 5. The van der Waals surface area contributed by atoms with Crippen molar-refractivity contribution in [2.45, 2.75) is 18.4 Å². The predicted molar refractivity (Wildman–Crippen MR) is 137 cm³/mol. The van der Waals surface area contributed by atoms with Crippen LogP contribution >= 0.6 is 11.6 Å². The van der Waals surface area contributed by atoms with E-state index in [-0.39, 0.29) is 5.54 Å². The average Bonchev–Trinajstić information content (AvgIpc) is 3.59. The molecule has 0 saturated carbocycles. The quantitative estimate of drug-likeness (QED) is 0.686. The number of nitrogens with one attached hydrogen (secondary N) is 2. The fourth-order valence-electron chi connectivity index (χ4n) is 4.80. The maximum absolute atomic E-state index is 6.43. The van der Waals surface area contributed by atoms with Crippen molar-refractivity contribution in [3.05, 3.63) is 118 Å². The monoisotopic (exact) mass is 450 g/mol. The van der Waals surface area contributed by atoms with E-state index < -0.39 is 0 Å². The van der Waals surface area contributed by atoms with Crippen LogP contribution in [0.25, 0.3) is 12.2 Å². The predicted octanol–water partition coefficient (Wildman–Crippen LogP) is 3.85.